The second kappa shape index (κ2) is 9.42. The molecule has 0 fully saturated rings. The van der Waals surface area contributed by atoms with Crippen molar-refractivity contribution in [1.82, 2.24) is 0 Å². The van der Waals surface area contributed by atoms with Gasteiger partial charge >= 0.3 is 11.9 Å². The molecule has 0 aliphatic rings. The Morgan fingerprint density at radius 1 is 1.04 bits per heavy atom. The van der Waals surface area contributed by atoms with E-state index in [1.54, 1.807) is 13.8 Å². The largest absolute Gasteiger partial charge is 0.507 e. The lowest BCUT2D eigenvalue weighted by atomic mass is 10.1. The first-order chi connectivity index (χ1) is 12.9. The van der Waals surface area contributed by atoms with E-state index in [1.165, 1.54) is 30.3 Å². The van der Waals surface area contributed by atoms with Crippen LogP contribution in [0.5, 0.6) is 11.5 Å². The third kappa shape index (κ3) is 5.60. The molecule has 0 saturated heterocycles. The molecule has 1 aromatic heterocycles. The first-order valence-electron chi connectivity index (χ1n) is 8.35. The Bertz CT molecular complexity index is 821. The van der Waals surface area contributed by atoms with Gasteiger partial charge in [-0.05, 0) is 38.1 Å². The summed E-state index contributed by atoms with van der Waals surface area (Å²) >= 11 is 0. The molecule has 0 aliphatic carbocycles. The molecular weight excluding hydrogens is 356 g/mol. The van der Waals surface area contributed by atoms with Gasteiger partial charge in [0.05, 0.1) is 25.2 Å². The fourth-order valence-electron chi connectivity index (χ4n) is 2.22. The summed E-state index contributed by atoms with van der Waals surface area (Å²) < 4.78 is 20.0. The van der Waals surface area contributed by atoms with Crippen LogP contribution in [-0.2, 0) is 20.7 Å². The van der Waals surface area contributed by atoms with Crippen LogP contribution in [0.3, 0.4) is 0 Å². The molecule has 144 valence electrons. The van der Waals surface area contributed by atoms with Gasteiger partial charge in [-0.25, -0.2) is 9.59 Å². The highest BCUT2D eigenvalue weighted by atomic mass is 16.6. The Hall–Kier alpha value is -3.29. The third-order valence-electron chi connectivity index (χ3n) is 3.40. The summed E-state index contributed by atoms with van der Waals surface area (Å²) in [7, 11) is 0. The van der Waals surface area contributed by atoms with Crippen LogP contribution in [0.25, 0.3) is 0 Å². The number of benzene rings is 1. The normalized spacial score (nSPS) is 10.3. The Morgan fingerprint density at radius 3 is 2.44 bits per heavy atom. The van der Waals surface area contributed by atoms with Gasteiger partial charge in [0.15, 0.2) is 12.4 Å². The SMILES string of the molecule is CCOC(=O)COc1ccc(C(=O)Cc2ccc(C(=O)OCC)o2)c(O)c1. The Kier molecular flexibility index (Phi) is 6.99. The molecule has 0 radical (unpaired) electrons. The summed E-state index contributed by atoms with van der Waals surface area (Å²) in [5, 5.41) is 10.1. The predicted molar refractivity (Wildman–Crippen MR) is 92.9 cm³/mol. The van der Waals surface area contributed by atoms with Crippen LogP contribution >= 0.6 is 0 Å². The van der Waals surface area contributed by atoms with Gasteiger partial charge in [0.2, 0.25) is 5.76 Å². The number of furan rings is 1. The number of phenolic OH excluding ortho intramolecular Hbond substituents is 1. The van der Waals surface area contributed by atoms with E-state index in [4.69, 9.17) is 18.6 Å². The van der Waals surface area contributed by atoms with Gasteiger partial charge in [0.1, 0.15) is 17.3 Å². The number of hydrogen-bond acceptors (Lipinski definition) is 8. The molecule has 0 amide bonds. The highest BCUT2D eigenvalue weighted by Gasteiger charge is 2.17. The van der Waals surface area contributed by atoms with Crippen molar-refractivity contribution < 1.29 is 38.1 Å². The molecule has 0 aliphatic heterocycles. The summed E-state index contributed by atoms with van der Waals surface area (Å²) in [4.78, 5) is 35.2. The van der Waals surface area contributed by atoms with Gasteiger partial charge in [-0.3, -0.25) is 4.79 Å². The zero-order valence-electron chi connectivity index (χ0n) is 15.0. The van der Waals surface area contributed by atoms with Crippen LogP contribution in [0.15, 0.2) is 34.7 Å². The van der Waals surface area contributed by atoms with E-state index < -0.39 is 17.7 Å². The lowest BCUT2D eigenvalue weighted by molar-refractivity contribution is -0.145. The van der Waals surface area contributed by atoms with Crippen molar-refractivity contribution in [3.05, 3.63) is 47.4 Å². The molecule has 1 N–H and O–H groups in total. The number of carbonyl (C=O) groups is 3. The summed E-state index contributed by atoms with van der Waals surface area (Å²) in [6, 6.07) is 7.00. The molecule has 8 heteroatoms. The van der Waals surface area contributed by atoms with E-state index in [-0.39, 0.29) is 54.8 Å². The van der Waals surface area contributed by atoms with E-state index in [9.17, 15) is 19.5 Å². The smallest absolute Gasteiger partial charge is 0.374 e. The average molecular weight is 376 g/mol. The van der Waals surface area contributed by atoms with Gasteiger partial charge < -0.3 is 23.7 Å². The minimum Gasteiger partial charge on any atom is -0.507 e. The highest BCUT2D eigenvalue weighted by molar-refractivity contribution is 6.00. The summed E-state index contributed by atoms with van der Waals surface area (Å²) in [5.74, 6) is -1.35. The fraction of sp³-hybridized carbons (Fsp3) is 0.316. The van der Waals surface area contributed by atoms with Crippen molar-refractivity contribution in [1.29, 1.82) is 0 Å². The number of Topliss-reactive ketones (excluding diaryl/α,β-unsaturated/α-hetero) is 1. The molecule has 2 aromatic rings. The standard InChI is InChI=1S/C19H20O8/c1-3-24-18(22)11-26-12-5-7-14(15(20)9-12)16(21)10-13-6-8-17(27-13)19(23)25-4-2/h5-9,20H,3-4,10-11H2,1-2H3. The van der Waals surface area contributed by atoms with Crippen LogP contribution < -0.4 is 4.74 Å². The molecule has 0 saturated carbocycles. The Labute approximate surface area is 155 Å². The number of phenols is 1. The lowest BCUT2D eigenvalue weighted by Gasteiger charge is -2.08. The monoisotopic (exact) mass is 376 g/mol. The van der Waals surface area contributed by atoms with Crippen molar-refractivity contribution in [3.8, 4) is 11.5 Å². The van der Waals surface area contributed by atoms with Crippen molar-refractivity contribution in [2.75, 3.05) is 19.8 Å². The number of esters is 2. The summed E-state index contributed by atoms with van der Waals surface area (Å²) in [6.45, 7) is 3.51. The van der Waals surface area contributed by atoms with E-state index >= 15 is 0 Å². The predicted octanol–water partition coefficient (Wildman–Crippen LogP) is 2.53. The number of rotatable bonds is 9. The first kappa shape index (κ1) is 20.0. The van der Waals surface area contributed by atoms with Crippen LogP contribution in [0.4, 0.5) is 0 Å². The maximum Gasteiger partial charge on any atom is 0.374 e. The maximum absolute atomic E-state index is 12.4. The van der Waals surface area contributed by atoms with E-state index in [0.717, 1.165) is 0 Å². The lowest BCUT2D eigenvalue weighted by Crippen LogP contribution is -2.14. The van der Waals surface area contributed by atoms with Crippen molar-refractivity contribution in [2.45, 2.75) is 20.3 Å². The van der Waals surface area contributed by atoms with Gasteiger partial charge in [0.25, 0.3) is 0 Å². The molecule has 1 heterocycles. The van der Waals surface area contributed by atoms with Crippen molar-refractivity contribution >= 4 is 17.7 Å². The average Bonchev–Trinajstić information content (AvgIpc) is 3.09. The van der Waals surface area contributed by atoms with Gasteiger partial charge in [-0.2, -0.15) is 0 Å². The molecular formula is C19H20O8. The Morgan fingerprint density at radius 2 is 1.78 bits per heavy atom. The summed E-state index contributed by atoms with van der Waals surface area (Å²) in [6.07, 6.45) is -0.143. The molecule has 27 heavy (non-hydrogen) atoms. The Balaban J connectivity index is 2.00. The molecule has 0 bridgehead atoms. The van der Waals surface area contributed by atoms with E-state index in [0.29, 0.717) is 0 Å². The van der Waals surface area contributed by atoms with Crippen molar-refractivity contribution in [2.24, 2.45) is 0 Å². The van der Waals surface area contributed by atoms with Crippen LogP contribution in [-0.4, -0.2) is 42.6 Å². The molecule has 0 atom stereocenters. The number of aromatic hydroxyl groups is 1. The second-order valence-electron chi connectivity index (χ2n) is 5.36. The van der Waals surface area contributed by atoms with Gasteiger partial charge in [-0.15, -0.1) is 0 Å². The molecule has 8 nitrogen and oxygen atoms in total. The number of hydrogen-bond donors (Lipinski definition) is 1. The van der Waals surface area contributed by atoms with Crippen LogP contribution in [0.1, 0.15) is 40.5 Å². The van der Waals surface area contributed by atoms with Crippen LogP contribution in [0, 0.1) is 0 Å². The number of ketones is 1. The van der Waals surface area contributed by atoms with Gasteiger partial charge in [-0.1, -0.05) is 0 Å². The van der Waals surface area contributed by atoms with E-state index in [2.05, 4.69) is 0 Å². The number of ether oxygens (including phenoxy) is 3. The fourth-order valence-corrected chi connectivity index (χ4v) is 2.22. The minimum atomic E-state index is -0.609. The summed E-state index contributed by atoms with van der Waals surface area (Å²) in [5.41, 5.74) is 0.0626. The second-order valence-corrected chi connectivity index (χ2v) is 5.36. The first-order valence-corrected chi connectivity index (χ1v) is 8.35. The molecule has 0 unspecified atom stereocenters. The zero-order chi connectivity index (χ0) is 19.8. The molecule has 1 aromatic carbocycles. The number of carbonyl (C=O) groups excluding carboxylic acids is 3. The quantitative estimate of drug-likeness (QED) is 0.525. The van der Waals surface area contributed by atoms with Crippen molar-refractivity contribution in [3.63, 3.8) is 0 Å². The topological polar surface area (TPSA) is 112 Å². The maximum atomic E-state index is 12.4. The van der Waals surface area contributed by atoms with E-state index in [1.807, 2.05) is 0 Å². The zero-order valence-corrected chi connectivity index (χ0v) is 15.0. The van der Waals surface area contributed by atoms with Crippen LogP contribution in [0.2, 0.25) is 0 Å². The highest BCUT2D eigenvalue weighted by Crippen LogP contribution is 2.25. The molecule has 0 spiro atoms. The van der Waals surface area contributed by atoms with Gasteiger partial charge in [0, 0.05) is 6.07 Å². The molecule has 2 rings (SSSR count). The minimum absolute atomic E-state index is 0.00610. The third-order valence-corrected chi connectivity index (χ3v) is 3.40.